The van der Waals surface area contributed by atoms with E-state index in [1.165, 1.54) is 47.5 Å². The molecule has 0 saturated carbocycles. The Bertz CT molecular complexity index is 3420. The number of hydrogen-bond donors (Lipinski definition) is 0. The molecule has 0 spiro atoms. The highest BCUT2D eigenvalue weighted by atomic mass is 32.1. The topological polar surface area (TPSA) is 56.7 Å². The fraction of sp³-hybridized carbons (Fsp3) is 0. The Labute approximate surface area is 330 Å². The summed E-state index contributed by atoms with van der Waals surface area (Å²) in [7, 11) is 0. The van der Waals surface area contributed by atoms with Gasteiger partial charge in [0, 0.05) is 70.2 Å². The fourth-order valence-electron chi connectivity index (χ4n) is 8.51. The van der Waals surface area contributed by atoms with Crippen LogP contribution in [-0.2, 0) is 0 Å². The highest BCUT2D eigenvalue weighted by molar-refractivity contribution is 7.26. The van der Waals surface area contributed by atoms with Crippen molar-refractivity contribution in [2.45, 2.75) is 0 Å². The molecule has 4 aromatic heterocycles. The zero-order valence-corrected chi connectivity index (χ0v) is 31.2. The van der Waals surface area contributed by atoms with Crippen molar-refractivity contribution in [2.24, 2.45) is 0 Å². The van der Waals surface area contributed by atoms with Crippen LogP contribution in [0, 0.1) is 0 Å². The van der Waals surface area contributed by atoms with E-state index in [1.54, 1.807) is 11.3 Å². The van der Waals surface area contributed by atoms with E-state index >= 15 is 0 Å². The second-order valence-corrected chi connectivity index (χ2v) is 15.4. The lowest BCUT2D eigenvalue weighted by atomic mass is 9.95. The molecule has 0 saturated heterocycles. The maximum Gasteiger partial charge on any atom is 0.164 e. The van der Waals surface area contributed by atoms with Gasteiger partial charge in [0.25, 0.3) is 0 Å². The van der Waals surface area contributed by atoms with Crippen molar-refractivity contribution in [1.82, 2.24) is 19.5 Å². The van der Waals surface area contributed by atoms with Gasteiger partial charge < -0.3 is 8.98 Å². The van der Waals surface area contributed by atoms with E-state index in [0.29, 0.717) is 17.5 Å². The summed E-state index contributed by atoms with van der Waals surface area (Å²) < 4.78 is 11.4. The lowest BCUT2D eigenvalue weighted by Gasteiger charge is -2.09. The highest BCUT2D eigenvalue weighted by Crippen LogP contribution is 2.45. The Kier molecular flexibility index (Phi) is 7.03. The van der Waals surface area contributed by atoms with Gasteiger partial charge in [0.2, 0.25) is 0 Å². The third-order valence-electron chi connectivity index (χ3n) is 11.1. The summed E-state index contributed by atoms with van der Waals surface area (Å²) in [4.78, 5) is 14.9. The summed E-state index contributed by atoms with van der Waals surface area (Å²) in [5.74, 6) is 1.96. The first-order chi connectivity index (χ1) is 28.2. The van der Waals surface area contributed by atoms with Crippen LogP contribution in [0.5, 0.6) is 0 Å². The maximum atomic E-state index is 6.68. The third-order valence-corrected chi connectivity index (χ3v) is 12.2. The van der Waals surface area contributed by atoms with Crippen LogP contribution in [0.15, 0.2) is 186 Å². The lowest BCUT2D eigenvalue weighted by molar-refractivity contribution is 0.668. The van der Waals surface area contributed by atoms with Crippen LogP contribution < -0.4 is 0 Å². The molecule has 0 aliphatic heterocycles. The molecule has 12 rings (SSSR count). The van der Waals surface area contributed by atoms with Crippen molar-refractivity contribution in [3.05, 3.63) is 182 Å². The predicted molar refractivity (Wildman–Crippen MR) is 236 cm³/mol. The lowest BCUT2D eigenvalue weighted by Crippen LogP contribution is -1.99. The van der Waals surface area contributed by atoms with Crippen LogP contribution >= 0.6 is 11.3 Å². The van der Waals surface area contributed by atoms with E-state index < -0.39 is 0 Å². The molecule has 0 amide bonds. The minimum absolute atomic E-state index is 0.650. The first kappa shape index (κ1) is 31.9. The van der Waals surface area contributed by atoms with Crippen molar-refractivity contribution < 1.29 is 4.42 Å². The van der Waals surface area contributed by atoms with Gasteiger partial charge in [-0.2, -0.15) is 0 Å². The Morgan fingerprint density at radius 2 is 0.965 bits per heavy atom. The average molecular weight is 747 g/mol. The van der Waals surface area contributed by atoms with Crippen LogP contribution in [0.25, 0.3) is 115 Å². The fourth-order valence-corrected chi connectivity index (χ4v) is 9.68. The number of rotatable bonds is 5. The largest absolute Gasteiger partial charge is 0.456 e. The molecule has 4 heterocycles. The molecule has 6 heteroatoms. The molecule has 0 aliphatic carbocycles. The normalized spacial score (nSPS) is 11.9. The maximum absolute atomic E-state index is 6.68. The number of fused-ring (bicyclic) bond motifs is 9. The number of hydrogen-bond acceptors (Lipinski definition) is 5. The number of para-hydroxylation sites is 2. The van der Waals surface area contributed by atoms with E-state index in [0.717, 1.165) is 49.9 Å². The van der Waals surface area contributed by atoms with Crippen molar-refractivity contribution >= 4 is 75.3 Å². The molecule has 0 radical (unpaired) electrons. The molecule has 0 fully saturated rings. The van der Waals surface area contributed by atoms with Gasteiger partial charge in [-0.05, 0) is 53.6 Å². The zero-order chi connectivity index (χ0) is 37.5. The minimum atomic E-state index is 0.650. The molecular formula is C51H30N4OS. The number of aromatic nitrogens is 4. The van der Waals surface area contributed by atoms with Crippen LogP contribution in [0.1, 0.15) is 0 Å². The van der Waals surface area contributed by atoms with Gasteiger partial charge in [0.1, 0.15) is 11.2 Å². The summed E-state index contributed by atoms with van der Waals surface area (Å²) in [6, 6.07) is 63.7. The van der Waals surface area contributed by atoms with E-state index in [4.69, 9.17) is 19.4 Å². The number of nitrogens with zero attached hydrogens (tertiary/aromatic N) is 4. The van der Waals surface area contributed by atoms with Crippen LogP contribution in [0.2, 0.25) is 0 Å². The molecule has 0 bridgehead atoms. The first-order valence-corrected chi connectivity index (χ1v) is 19.8. The van der Waals surface area contributed by atoms with Crippen LogP contribution in [-0.4, -0.2) is 19.5 Å². The Hall–Kier alpha value is -7.41. The van der Waals surface area contributed by atoms with Gasteiger partial charge in [0.05, 0.1) is 11.0 Å². The molecule has 0 unspecified atom stereocenters. The Morgan fingerprint density at radius 1 is 0.386 bits per heavy atom. The minimum Gasteiger partial charge on any atom is -0.456 e. The van der Waals surface area contributed by atoms with E-state index in [2.05, 4.69) is 126 Å². The summed E-state index contributed by atoms with van der Waals surface area (Å²) in [6.07, 6.45) is 0. The summed E-state index contributed by atoms with van der Waals surface area (Å²) in [6.45, 7) is 0. The van der Waals surface area contributed by atoms with Crippen molar-refractivity contribution in [3.63, 3.8) is 0 Å². The van der Waals surface area contributed by atoms with E-state index in [-0.39, 0.29) is 0 Å². The SMILES string of the molecule is c1ccc(-c2nc(-c3ccccc3)nc(-c3ccc4c(c3)sc3cccc(-c5cccc6oc7cc(-n8c9ccccc9c9ccccc98)ccc7c56)c34)n2)cc1. The number of thiophene rings is 1. The smallest absolute Gasteiger partial charge is 0.164 e. The molecule has 0 N–H and O–H groups in total. The monoisotopic (exact) mass is 746 g/mol. The molecule has 57 heavy (non-hydrogen) atoms. The quantitative estimate of drug-likeness (QED) is 0.176. The van der Waals surface area contributed by atoms with E-state index in [9.17, 15) is 0 Å². The summed E-state index contributed by atoms with van der Waals surface area (Å²) >= 11 is 1.80. The van der Waals surface area contributed by atoms with E-state index in [1.807, 2.05) is 60.7 Å². The highest BCUT2D eigenvalue weighted by Gasteiger charge is 2.20. The second-order valence-electron chi connectivity index (χ2n) is 14.4. The van der Waals surface area contributed by atoms with Crippen LogP contribution in [0.3, 0.4) is 0 Å². The second kappa shape index (κ2) is 12.6. The molecule has 266 valence electrons. The zero-order valence-electron chi connectivity index (χ0n) is 30.4. The molecule has 0 aliphatic rings. The number of furan rings is 1. The molecule has 0 atom stereocenters. The Morgan fingerprint density at radius 3 is 1.65 bits per heavy atom. The molecule has 8 aromatic carbocycles. The molecule has 5 nitrogen and oxygen atoms in total. The average Bonchev–Trinajstić information content (AvgIpc) is 3.96. The number of benzene rings is 8. The first-order valence-electron chi connectivity index (χ1n) is 19.0. The standard InChI is InChI=1S/C51H30N4OS/c1-3-13-31(14-4-1)49-52-50(32-15-5-2-6-16-32)54-51(53-49)33-25-27-40-46(29-33)57-45-24-12-20-38(48(40)45)37-19-11-23-43-47(37)39-28-26-34(30-44(39)56-43)55-41-21-9-7-17-35(41)36-18-8-10-22-42(36)55/h1-30H. The molecular weight excluding hydrogens is 717 g/mol. The Balaban J connectivity index is 1.00. The van der Waals surface area contributed by atoms with Crippen molar-refractivity contribution in [1.29, 1.82) is 0 Å². The van der Waals surface area contributed by atoms with Gasteiger partial charge >= 0.3 is 0 Å². The predicted octanol–water partition coefficient (Wildman–Crippen LogP) is 13.9. The van der Waals surface area contributed by atoms with Crippen molar-refractivity contribution in [2.75, 3.05) is 0 Å². The van der Waals surface area contributed by atoms with Gasteiger partial charge in [-0.25, -0.2) is 15.0 Å². The summed E-state index contributed by atoms with van der Waals surface area (Å²) in [5.41, 5.74) is 10.4. The third kappa shape index (κ3) is 5.04. The van der Waals surface area contributed by atoms with Crippen LogP contribution in [0.4, 0.5) is 0 Å². The summed E-state index contributed by atoms with van der Waals surface area (Å²) in [5, 5.41) is 7.14. The van der Waals surface area contributed by atoms with Gasteiger partial charge in [0.15, 0.2) is 17.5 Å². The van der Waals surface area contributed by atoms with Gasteiger partial charge in [-0.3, -0.25) is 0 Å². The van der Waals surface area contributed by atoms with Gasteiger partial charge in [-0.1, -0.05) is 133 Å². The van der Waals surface area contributed by atoms with Crippen molar-refractivity contribution in [3.8, 4) is 51.0 Å². The molecule has 12 aromatic rings. The van der Waals surface area contributed by atoms with Gasteiger partial charge in [-0.15, -0.1) is 11.3 Å².